The summed E-state index contributed by atoms with van der Waals surface area (Å²) in [6, 6.07) is 10.9. The predicted octanol–water partition coefficient (Wildman–Crippen LogP) is 3.05. The third kappa shape index (κ3) is 3.04. The number of carboxylic acids is 1. The molecule has 4 N–H and O–H groups in total. The van der Waals surface area contributed by atoms with Crippen LogP contribution in [-0.4, -0.2) is 34.2 Å². The normalized spacial score (nSPS) is 25.1. The lowest BCUT2D eigenvalue weighted by Crippen LogP contribution is -2.59. The molecule has 0 spiro atoms. The Kier molecular flexibility index (Phi) is 4.81. The third-order valence-corrected chi connectivity index (χ3v) is 6.91. The molecule has 4 atom stereocenters. The average molecular weight is 398 g/mol. The number of carbonyl (C=O) groups excluding carboxylic acids is 2. The summed E-state index contributed by atoms with van der Waals surface area (Å²) < 4.78 is 0. The van der Waals surface area contributed by atoms with Gasteiger partial charge in [0.05, 0.1) is 4.88 Å². The molecular weight excluding hydrogens is 376 g/mol. The Morgan fingerprint density at radius 3 is 2.68 bits per heavy atom. The molecule has 7 heteroatoms. The number of fused-ring (bicyclic) bond motifs is 2. The number of ketones is 2. The highest BCUT2D eigenvalue weighted by Gasteiger charge is 2.53. The van der Waals surface area contributed by atoms with E-state index in [9.17, 15) is 19.5 Å². The summed E-state index contributed by atoms with van der Waals surface area (Å²) in [6.07, 6.45) is 2.25. The first kappa shape index (κ1) is 18.8. The smallest absolute Gasteiger partial charge is 0.324 e. The van der Waals surface area contributed by atoms with Gasteiger partial charge in [-0.15, -0.1) is 11.3 Å². The Balaban J connectivity index is 1.73. The summed E-state index contributed by atoms with van der Waals surface area (Å²) in [6.45, 7) is 0. The van der Waals surface area contributed by atoms with Gasteiger partial charge in [-0.3, -0.25) is 14.4 Å². The fraction of sp³-hybridized carbons (Fsp3) is 0.381. The molecule has 1 fully saturated rings. The van der Waals surface area contributed by atoms with Crippen LogP contribution in [0.3, 0.4) is 0 Å². The Morgan fingerprint density at radius 2 is 1.96 bits per heavy atom. The second-order valence-corrected chi connectivity index (χ2v) is 8.61. The Bertz CT molecular complexity index is 926. The van der Waals surface area contributed by atoms with Gasteiger partial charge in [-0.2, -0.15) is 0 Å². The van der Waals surface area contributed by atoms with E-state index in [0.29, 0.717) is 4.88 Å². The molecule has 146 valence electrons. The third-order valence-electron chi connectivity index (χ3n) is 6.04. The predicted molar refractivity (Wildman–Crippen MR) is 107 cm³/mol. The highest BCUT2D eigenvalue weighted by atomic mass is 32.1. The molecule has 0 saturated heterocycles. The number of nitrogens with one attached hydrogen (secondary N) is 1. The molecule has 0 radical (unpaired) electrons. The van der Waals surface area contributed by atoms with Gasteiger partial charge in [-0.05, 0) is 41.8 Å². The minimum Gasteiger partial charge on any atom is -0.480 e. The van der Waals surface area contributed by atoms with Crippen molar-refractivity contribution < 1.29 is 19.5 Å². The molecule has 2 aliphatic rings. The summed E-state index contributed by atoms with van der Waals surface area (Å²) in [5.74, 6) is -3.18. The SMILES string of the molecule is NC(CC(=O)C(=O)c1cccs1)(C(=O)O)C1c2ccccc2N[C@@H]2CCC[C@H]12. The first-order valence-corrected chi connectivity index (χ1v) is 10.3. The van der Waals surface area contributed by atoms with Gasteiger partial charge in [0, 0.05) is 24.1 Å². The van der Waals surface area contributed by atoms with Crippen LogP contribution in [0, 0.1) is 5.92 Å². The van der Waals surface area contributed by atoms with Crippen molar-refractivity contribution in [3.8, 4) is 0 Å². The van der Waals surface area contributed by atoms with E-state index in [0.717, 1.165) is 41.9 Å². The lowest BCUT2D eigenvalue weighted by molar-refractivity contribution is -0.146. The minimum absolute atomic E-state index is 0.0145. The monoisotopic (exact) mass is 398 g/mol. The Hall–Kier alpha value is -2.51. The highest BCUT2D eigenvalue weighted by molar-refractivity contribution is 7.13. The standard InChI is InChI=1S/C21H22N2O4S/c22-21(20(26)27,11-16(24)19(25)17-9-4-10-28-17)18-12-5-1-2-7-14(12)23-15-8-3-6-13(15)18/h1-2,4-5,7,9-10,13,15,18,23H,3,6,8,11,22H2,(H,26,27)/t13-,15+,18?,21?/m0/s1. The van der Waals surface area contributed by atoms with Crippen LogP contribution in [-0.2, 0) is 9.59 Å². The molecule has 0 bridgehead atoms. The van der Waals surface area contributed by atoms with E-state index in [1.165, 1.54) is 0 Å². The number of hydrogen-bond acceptors (Lipinski definition) is 6. The molecule has 4 rings (SSSR count). The molecule has 2 heterocycles. The number of carboxylic acid groups (broad SMARTS) is 1. The van der Waals surface area contributed by atoms with Crippen molar-refractivity contribution in [1.82, 2.24) is 0 Å². The molecule has 1 aliphatic carbocycles. The molecule has 1 saturated carbocycles. The van der Waals surface area contributed by atoms with Crippen LogP contribution in [0.1, 0.15) is 46.8 Å². The summed E-state index contributed by atoms with van der Waals surface area (Å²) >= 11 is 1.16. The van der Waals surface area contributed by atoms with Gasteiger partial charge in [0.25, 0.3) is 0 Å². The summed E-state index contributed by atoms with van der Waals surface area (Å²) in [4.78, 5) is 37.8. The summed E-state index contributed by atoms with van der Waals surface area (Å²) in [5, 5.41) is 15.3. The number of benzene rings is 1. The lowest BCUT2D eigenvalue weighted by Gasteiger charge is -2.44. The van der Waals surface area contributed by atoms with E-state index in [-0.39, 0.29) is 12.0 Å². The van der Waals surface area contributed by atoms with Crippen molar-refractivity contribution in [3.05, 3.63) is 52.2 Å². The highest BCUT2D eigenvalue weighted by Crippen LogP contribution is 2.50. The maximum atomic E-state index is 12.7. The maximum Gasteiger partial charge on any atom is 0.324 e. The van der Waals surface area contributed by atoms with Gasteiger partial charge >= 0.3 is 5.97 Å². The van der Waals surface area contributed by atoms with Crippen molar-refractivity contribution in [2.45, 2.75) is 43.2 Å². The Morgan fingerprint density at radius 1 is 1.18 bits per heavy atom. The van der Waals surface area contributed by atoms with Crippen molar-refractivity contribution in [2.24, 2.45) is 11.7 Å². The molecular formula is C21H22N2O4S. The van der Waals surface area contributed by atoms with Crippen molar-refractivity contribution in [3.63, 3.8) is 0 Å². The van der Waals surface area contributed by atoms with Gasteiger partial charge in [-0.25, -0.2) is 0 Å². The van der Waals surface area contributed by atoms with E-state index >= 15 is 0 Å². The van der Waals surface area contributed by atoms with Crippen LogP contribution >= 0.6 is 11.3 Å². The van der Waals surface area contributed by atoms with E-state index in [2.05, 4.69) is 5.32 Å². The average Bonchev–Trinajstić information content (AvgIpc) is 3.36. The largest absolute Gasteiger partial charge is 0.480 e. The van der Waals surface area contributed by atoms with Gasteiger partial charge in [-0.1, -0.05) is 30.7 Å². The van der Waals surface area contributed by atoms with Gasteiger partial charge in [0.15, 0.2) is 0 Å². The van der Waals surface area contributed by atoms with Crippen molar-refractivity contribution in [1.29, 1.82) is 0 Å². The van der Waals surface area contributed by atoms with Crippen LogP contribution in [0.5, 0.6) is 0 Å². The number of thiophene rings is 1. The van der Waals surface area contributed by atoms with E-state index < -0.39 is 35.4 Å². The lowest BCUT2D eigenvalue weighted by atomic mass is 9.66. The molecule has 1 aromatic heterocycles. The summed E-state index contributed by atoms with van der Waals surface area (Å²) in [5.41, 5.74) is 6.32. The Labute approximate surface area is 166 Å². The van der Waals surface area contributed by atoms with Crippen LogP contribution in [0.4, 0.5) is 5.69 Å². The zero-order valence-electron chi connectivity index (χ0n) is 15.3. The molecule has 28 heavy (non-hydrogen) atoms. The molecule has 2 unspecified atom stereocenters. The topological polar surface area (TPSA) is 109 Å². The quantitative estimate of drug-likeness (QED) is 0.510. The first-order valence-electron chi connectivity index (χ1n) is 9.40. The number of nitrogens with two attached hydrogens (primary N) is 1. The molecule has 1 aliphatic heterocycles. The van der Waals surface area contributed by atoms with Crippen molar-refractivity contribution in [2.75, 3.05) is 5.32 Å². The van der Waals surface area contributed by atoms with E-state index in [1.807, 2.05) is 24.3 Å². The van der Waals surface area contributed by atoms with Crippen LogP contribution < -0.4 is 11.1 Å². The summed E-state index contributed by atoms with van der Waals surface area (Å²) in [7, 11) is 0. The van der Waals surface area contributed by atoms with E-state index in [4.69, 9.17) is 5.73 Å². The number of carbonyl (C=O) groups is 3. The maximum absolute atomic E-state index is 12.7. The van der Waals surface area contributed by atoms with Crippen LogP contribution in [0.2, 0.25) is 0 Å². The number of para-hydroxylation sites is 1. The van der Waals surface area contributed by atoms with Crippen LogP contribution in [0.15, 0.2) is 41.8 Å². The zero-order valence-corrected chi connectivity index (χ0v) is 16.1. The first-order chi connectivity index (χ1) is 13.4. The number of hydrogen-bond donors (Lipinski definition) is 3. The molecule has 0 amide bonds. The molecule has 2 aromatic rings. The second-order valence-electron chi connectivity index (χ2n) is 7.66. The number of Topliss-reactive ketones (excluding diaryl/α,β-unsaturated/α-hetero) is 2. The molecule has 1 aromatic carbocycles. The number of anilines is 1. The van der Waals surface area contributed by atoms with Gasteiger partial charge in [0.1, 0.15) is 5.54 Å². The van der Waals surface area contributed by atoms with Gasteiger partial charge in [0.2, 0.25) is 11.6 Å². The zero-order chi connectivity index (χ0) is 19.9. The minimum atomic E-state index is -1.84. The second kappa shape index (κ2) is 7.14. The van der Waals surface area contributed by atoms with Crippen molar-refractivity contribution >= 4 is 34.6 Å². The number of rotatable bonds is 6. The fourth-order valence-corrected chi connectivity index (χ4v) is 5.45. The number of aliphatic carboxylic acids is 1. The van der Waals surface area contributed by atoms with Crippen LogP contribution in [0.25, 0.3) is 0 Å². The van der Waals surface area contributed by atoms with Gasteiger partial charge < -0.3 is 16.2 Å². The van der Waals surface area contributed by atoms with E-state index in [1.54, 1.807) is 17.5 Å². The fourth-order valence-electron chi connectivity index (χ4n) is 4.77. The molecule has 6 nitrogen and oxygen atoms in total.